The normalized spacial score (nSPS) is 18.8. The highest BCUT2D eigenvalue weighted by Gasteiger charge is 2.33. The Balaban J connectivity index is 1.59. The van der Waals surface area contributed by atoms with Crippen LogP contribution in [0.5, 0.6) is 0 Å². The minimum Gasteiger partial charge on any atom is -0.442 e. The summed E-state index contributed by atoms with van der Waals surface area (Å²) in [5.41, 5.74) is 0.900. The van der Waals surface area contributed by atoms with E-state index in [9.17, 15) is 14.0 Å². The molecule has 2 N–H and O–H groups in total. The summed E-state index contributed by atoms with van der Waals surface area (Å²) in [7, 11) is 0. The molecule has 1 unspecified atom stereocenters. The van der Waals surface area contributed by atoms with Gasteiger partial charge in [0.25, 0.3) is 0 Å². The van der Waals surface area contributed by atoms with Gasteiger partial charge in [0.05, 0.1) is 29.5 Å². The molecule has 0 aliphatic carbocycles. The Morgan fingerprint density at radius 1 is 1.33 bits per heavy atom. The Kier molecular flexibility index (Phi) is 7.09. The maximum absolute atomic E-state index is 14.8. The third kappa shape index (κ3) is 5.18. The number of halogens is 1. The van der Waals surface area contributed by atoms with E-state index < -0.39 is 11.9 Å². The van der Waals surface area contributed by atoms with Crippen molar-refractivity contribution in [3.05, 3.63) is 36.7 Å². The molecule has 0 saturated carbocycles. The molecule has 3 amide bonds. The van der Waals surface area contributed by atoms with Gasteiger partial charge < -0.3 is 25.2 Å². The van der Waals surface area contributed by atoms with E-state index in [1.54, 1.807) is 30.0 Å². The molecule has 0 aromatic heterocycles. The van der Waals surface area contributed by atoms with Crippen molar-refractivity contribution in [2.75, 3.05) is 55.6 Å². The summed E-state index contributed by atoms with van der Waals surface area (Å²) in [5, 5.41) is 5.72. The van der Waals surface area contributed by atoms with Crippen LogP contribution in [0.4, 0.5) is 25.4 Å². The summed E-state index contributed by atoms with van der Waals surface area (Å²) in [6.07, 6.45) is 0.770. The lowest BCUT2D eigenvalue weighted by Gasteiger charge is -2.36. The summed E-state index contributed by atoms with van der Waals surface area (Å²) in [4.78, 5) is 29.8. The molecule has 2 heterocycles. The van der Waals surface area contributed by atoms with Gasteiger partial charge >= 0.3 is 12.1 Å². The largest absolute Gasteiger partial charge is 0.442 e. The van der Waals surface area contributed by atoms with E-state index in [-0.39, 0.29) is 12.1 Å². The first-order chi connectivity index (χ1) is 14.4. The number of ether oxygens (including phenoxy) is 1. The van der Waals surface area contributed by atoms with Gasteiger partial charge in [-0.05, 0) is 25.1 Å². The molecule has 0 bridgehead atoms. The number of amides is 3. The molecule has 1 aromatic rings. The molecule has 1 aromatic carbocycles. The molecular formula is C20H26FN5O3S. The molecule has 3 rings (SSSR count). The molecule has 2 fully saturated rings. The van der Waals surface area contributed by atoms with Gasteiger partial charge in [-0.1, -0.05) is 18.3 Å². The van der Waals surface area contributed by atoms with Crippen molar-refractivity contribution in [3.8, 4) is 0 Å². The third-order valence-corrected chi connectivity index (χ3v) is 5.15. The predicted octanol–water partition coefficient (Wildman–Crippen LogP) is 2.11. The molecule has 2 aliphatic heterocycles. The summed E-state index contributed by atoms with van der Waals surface area (Å²) < 4.78 is 20.1. The van der Waals surface area contributed by atoms with Crippen molar-refractivity contribution < 1.29 is 18.7 Å². The van der Waals surface area contributed by atoms with Gasteiger partial charge in [0.1, 0.15) is 11.9 Å². The predicted molar refractivity (Wildman–Crippen MR) is 118 cm³/mol. The molecule has 10 heteroatoms. The zero-order chi connectivity index (χ0) is 21.7. The third-order valence-electron chi connectivity index (χ3n) is 5.00. The Morgan fingerprint density at radius 3 is 2.70 bits per heavy atom. The van der Waals surface area contributed by atoms with Crippen molar-refractivity contribution in [1.29, 1.82) is 0 Å². The summed E-state index contributed by atoms with van der Waals surface area (Å²) in [5.74, 6) is -0.416. The number of thiocarbonyl (C=S) groups is 1. The lowest BCUT2D eigenvalue weighted by atomic mass is 10.2. The molecule has 2 aliphatic rings. The first kappa shape index (κ1) is 21.8. The van der Waals surface area contributed by atoms with Gasteiger partial charge in [-0.25, -0.2) is 14.0 Å². The van der Waals surface area contributed by atoms with Crippen molar-refractivity contribution >= 4 is 40.7 Å². The van der Waals surface area contributed by atoms with E-state index in [0.717, 1.165) is 0 Å². The molecule has 0 spiro atoms. The fraction of sp³-hybridized carbons (Fsp3) is 0.450. The molecule has 1 atom stereocenters. The lowest BCUT2D eigenvalue weighted by molar-refractivity contribution is 0.143. The van der Waals surface area contributed by atoms with Gasteiger partial charge in [-0.3, -0.25) is 4.90 Å². The van der Waals surface area contributed by atoms with Gasteiger partial charge in [0, 0.05) is 32.7 Å². The molecule has 8 nitrogen and oxygen atoms in total. The number of carbonyl (C=O) groups excluding carboxylic acids is 2. The van der Waals surface area contributed by atoms with E-state index in [4.69, 9.17) is 17.0 Å². The van der Waals surface area contributed by atoms with E-state index in [1.807, 2.05) is 4.90 Å². The van der Waals surface area contributed by atoms with Gasteiger partial charge in [0.15, 0.2) is 0 Å². The Hall–Kier alpha value is -2.88. The van der Waals surface area contributed by atoms with Gasteiger partial charge in [-0.15, -0.1) is 6.58 Å². The second-order valence-corrected chi connectivity index (χ2v) is 7.75. The zero-order valence-electron chi connectivity index (χ0n) is 16.9. The van der Waals surface area contributed by atoms with Crippen LogP contribution in [-0.2, 0) is 4.74 Å². The molecule has 162 valence electrons. The van der Waals surface area contributed by atoms with Crippen molar-refractivity contribution in [1.82, 2.24) is 15.5 Å². The Labute approximate surface area is 180 Å². The second kappa shape index (κ2) is 9.75. The van der Waals surface area contributed by atoms with Crippen LogP contribution in [0.15, 0.2) is 30.9 Å². The highest BCUT2D eigenvalue weighted by Crippen LogP contribution is 2.28. The molecule has 2 saturated heterocycles. The number of piperazine rings is 1. The van der Waals surface area contributed by atoms with Crippen LogP contribution < -0.4 is 20.4 Å². The number of nitrogens with one attached hydrogen (secondary N) is 2. The first-order valence-electron chi connectivity index (χ1n) is 9.79. The van der Waals surface area contributed by atoms with Crippen molar-refractivity contribution in [3.63, 3.8) is 0 Å². The Bertz CT molecular complexity index is 829. The number of carbonyl (C=O) groups is 2. The standard InChI is InChI=1S/C20H26FN5O3S/c1-3-6-22-19(27)25-9-7-24(8-10-25)18-5-4-15(11-17(18)21)26-13-16(29-20(26)28)12-23-14(2)30/h3-5,11,16H,1,6-10,12-13H2,2H3,(H,22,27)(H,23,30). The number of hydrogen-bond acceptors (Lipinski definition) is 5. The molecule has 0 radical (unpaired) electrons. The fourth-order valence-corrected chi connectivity index (χ4v) is 3.52. The summed E-state index contributed by atoms with van der Waals surface area (Å²) in [6, 6.07) is 4.58. The van der Waals surface area contributed by atoms with Crippen LogP contribution in [0.1, 0.15) is 6.92 Å². The van der Waals surface area contributed by atoms with Crippen molar-refractivity contribution in [2.24, 2.45) is 0 Å². The summed E-state index contributed by atoms with van der Waals surface area (Å²) in [6.45, 7) is 8.53. The maximum Gasteiger partial charge on any atom is 0.414 e. The number of urea groups is 1. The highest BCUT2D eigenvalue weighted by molar-refractivity contribution is 7.80. The Morgan fingerprint density at radius 2 is 2.07 bits per heavy atom. The van der Waals surface area contributed by atoms with E-state index in [1.165, 1.54) is 11.0 Å². The average Bonchev–Trinajstić information content (AvgIpc) is 3.11. The van der Waals surface area contributed by atoms with E-state index >= 15 is 0 Å². The topological polar surface area (TPSA) is 77.2 Å². The first-order valence-corrected chi connectivity index (χ1v) is 10.2. The van der Waals surface area contributed by atoms with E-state index in [2.05, 4.69) is 17.2 Å². The zero-order valence-corrected chi connectivity index (χ0v) is 17.7. The molecular weight excluding hydrogens is 409 g/mol. The van der Waals surface area contributed by atoms with Crippen LogP contribution in [-0.4, -0.2) is 73.9 Å². The summed E-state index contributed by atoms with van der Waals surface area (Å²) >= 11 is 4.97. The number of cyclic esters (lactones) is 1. The van der Waals surface area contributed by atoms with Gasteiger partial charge in [-0.2, -0.15) is 0 Å². The van der Waals surface area contributed by atoms with Gasteiger partial charge in [0.2, 0.25) is 0 Å². The van der Waals surface area contributed by atoms with Crippen LogP contribution in [0.25, 0.3) is 0 Å². The quantitative estimate of drug-likeness (QED) is 0.527. The smallest absolute Gasteiger partial charge is 0.414 e. The number of anilines is 2. The number of nitrogens with zero attached hydrogens (tertiary/aromatic N) is 3. The van der Waals surface area contributed by atoms with Crippen LogP contribution in [0, 0.1) is 5.82 Å². The van der Waals surface area contributed by atoms with Crippen LogP contribution in [0.3, 0.4) is 0 Å². The second-order valence-electron chi connectivity index (χ2n) is 7.14. The van der Waals surface area contributed by atoms with Crippen molar-refractivity contribution in [2.45, 2.75) is 13.0 Å². The highest BCUT2D eigenvalue weighted by atomic mass is 32.1. The average molecular weight is 436 g/mol. The number of rotatable bonds is 6. The SMILES string of the molecule is C=CCNC(=O)N1CCN(c2ccc(N3CC(CNC(C)=S)OC3=O)cc2F)CC1. The van der Waals surface area contributed by atoms with Crippen LogP contribution in [0.2, 0.25) is 0 Å². The minimum atomic E-state index is -0.505. The lowest BCUT2D eigenvalue weighted by Crippen LogP contribution is -2.52. The van der Waals surface area contributed by atoms with E-state index in [0.29, 0.717) is 62.2 Å². The molecule has 30 heavy (non-hydrogen) atoms. The number of hydrogen-bond donors (Lipinski definition) is 2. The monoisotopic (exact) mass is 435 g/mol. The number of benzene rings is 1. The van der Waals surface area contributed by atoms with Crippen LogP contribution >= 0.6 is 12.2 Å². The fourth-order valence-electron chi connectivity index (χ4n) is 3.44. The maximum atomic E-state index is 14.8. The minimum absolute atomic E-state index is 0.147.